The van der Waals surface area contributed by atoms with Crippen LogP contribution in [0.25, 0.3) is 0 Å². The Morgan fingerprint density at radius 3 is 2.63 bits per heavy atom. The molecule has 0 bridgehead atoms. The molecule has 1 aromatic carbocycles. The smallest absolute Gasteiger partial charge is 0.0448 e. The van der Waals surface area contributed by atoms with Gasteiger partial charge in [0, 0.05) is 23.9 Å². The van der Waals surface area contributed by atoms with Crippen LogP contribution in [0.15, 0.2) is 24.3 Å². The standard InChI is InChI=1S/C16H26N2S/c1-13-5-7-15(8-6-13)11-18(3)16(12-17)9-4-10-19-14(16)2/h5-8,14H,4,9-12,17H2,1-3H3. The minimum Gasteiger partial charge on any atom is -0.329 e. The van der Waals surface area contributed by atoms with Crippen LogP contribution in [0, 0.1) is 6.92 Å². The van der Waals surface area contributed by atoms with Crippen molar-refractivity contribution in [2.24, 2.45) is 5.73 Å². The molecule has 1 heterocycles. The van der Waals surface area contributed by atoms with Crippen molar-refractivity contribution in [1.29, 1.82) is 0 Å². The van der Waals surface area contributed by atoms with Crippen LogP contribution in [0.1, 0.15) is 30.9 Å². The number of thioether (sulfide) groups is 1. The van der Waals surface area contributed by atoms with Crippen molar-refractivity contribution in [3.05, 3.63) is 35.4 Å². The number of rotatable bonds is 4. The maximum absolute atomic E-state index is 6.15. The highest BCUT2D eigenvalue weighted by Gasteiger charge is 2.40. The fourth-order valence-corrected chi connectivity index (χ4v) is 4.42. The van der Waals surface area contributed by atoms with Gasteiger partial charge in [0.15, 0.2) is 0 Å². The highest BCUT2D eigenvalue weighted by Crippen LogP contribution is 2.37. The summed E-state index contributed by atoms with van der Waals surface area (Å²) in [6, 6.07) is 8.85. The molecule has 3 heteroatoms. The molecule has 0 amide bonds. The summed E-state index contributed by atoms with van der Waals surface area (Å²) in [4.78, 5) is 2.48. The minimum absolute atomic E-state index is 0.161. The van der Waals surface area contributed by atoms with Gasteiger partial charge in [-0.1, -0.05) is 36.8 Å². The second-order valence-electron chi connectivity index (χ2n) is 5.77. The number of likely N-dealkylation sites (N-methyl/N-ethyl adjacent to an activating group) is 1. The van der Waals surface area contributed by atoms with Gasteiger partial charge < -0.3 is 5.73 Å². The lowest BCUT2D eigenvalue weighted by Gasteiger charge is -2.48. The van der Waals surface area contributed by atoms with E-state index in [4.69, 9.17) is 5.73 Å². The molecule has 106 valence electrons. The Balaban J connectivity index is 2.12. The molecule has 1 aliphatic rings. The van der Waals surface area contributed by atoms with E-state index in [2.05, 4.69) is 61.8 Å². The molecule has 2 atom stereocenters. The first-order chi connectivity index (χ1) is 9.08. The number of aryl methyl sites for hydroxylation is 1. The minimum atomic E-state index is 0.161. The zero-order valence-corrected chi connectivity index (χ0v) is 13.2. The summed E-state index contributed by atoms with van der Waals surface area (Å²) in [6.45, 7) is 6.21. The fraction of sp³-hybridized carbons (Fsp3) is 0.625. The molecule has 1 aliphatic heterocycles. The number of benzene rings is 1. The van der Waals surface area contributed by atoms with E-state index in [9.17, 15) is 0 Å². The second kappa shape index (κ2) is 6.29. The van der Waals surface area contributed by atoms with E-state index < -0.39 is 0 Å². The van der Waals surface area contributed by atoms with Gasteiger partial charge in [-0.25, -0.2) is 0 Å². The molecule has 0 aliphatic carbocycles. The van der Waals surface area contributed by atoms with Crippen molar-refractivity contribution in [2.45, 2.75) is 44.0 Å². The number of hydrogen-bond donors (Lipinski definition) is 1. The molecule has 1 saturated heterocycles. The summed E-state index contributed by atoms with van der Waals surface area (Å²) in [6.07, 6.45) is 2.50. The molecule has 1 fully saturated rings. The molecule has 2 nitrogen and oxygen atoms in total. The second-order valence-corrected chi connectivity index (χ2v) is 7.21. The molecule has 2 N–H and O–H groups in total. The van der Waals surface area contributed by atoms with E-state index in [0.717, 1.165) is 13.1 Å². The first kappa shape index (κ1) is 14.9. The summed E-state index contributed by atoms with van der Waals surface area (Å²) in [5, 5.41) is 0.613. The van der Waals surface area contributed by atoms with Crippen LogP contribution in [0.4, 0.5) is 0 Å². The van der Waals surface area contributed by atoms with Crippen LogP contribution in [-0.4, -0.2) is 35.0 Å². The van der Waals surface area contributed by atoms with Crippen LogP contribution >= 0.6 is 11.8 Å². The van der Waals surface area contributed by atoms with Gasteiger partial charge in [0.25, 0.3) is 0 Å². The van der Waals surface area contributed by atoms with Crippen molar-refractivity contribution in [3.63, 3.8) is 0 Å². The average molecular weight is 278 g/mol. The van der Waals surface area contributed by atoms with Crippen molar-refractivity contribution >= 4 is 11.8 Å². The molecule has 0 spiro atoms. The summed E-state index contributed by atoms with van der Waals surface area (Å²) < 4.78 is 0. The van der Waals surface area contributed by atoms with E-state index in [1.807, 2.05) is 0 Å². The lowest BCUT2D eigenvalue weighted by molar-refractivity contribution is 0.104. The summed E-state index contributed by atoms with van der Waals surface area (Å²) in [7, 11) is 2.23. The van der Waals surface area contributed by atoms with Crippen LogP contribution in [0.3, 0.4) is 0 Å². The highest BCUT2D eigenvalue weighted by molar-refractivity contribution is 8.00. The van der Waals surface area contributed by atoms with E-state index in [-0.39, 0.29) is 5.54 Å². The average Bonchev–Trinajstić information content (AvgIpc) is 2.42. The third kappa shape index (κ3) is 3.15. The quantitative estimate of drug-likeness (QED) is 0.918. The van der Waals surface area contributed by atoms with Gasteiger partial charge in [0.2, 0.25) is 0 Å². The molecule has 2 unspecified atom stereocenters. The molecular weight excluding hydrogens is 252 g/mol. The normalized spacial score (nSPS) is 27.7. The number of nitrogens with two attached hydrogens (primary N) is 1. The van der Waals surface area contributed by atoms with Crippen LogP contribution < -0.4 is 5.73 Å². The lowest BCUT2D eigenvalue weighted by Crippen LogP contribution is -2.59. The first-order valence-electron chi connectivity index (χ1n) is 7.17. The van der Waals surface area contributed by atoms with Gasteiger partial charge in [-0.3, -0.25) is 4.90 Å². The van der Waals surface area contributed by atoms with Crippen molar-refractivity contribution in [2.75, 3.05) is 19.3 Å². The Labute approximate surface area is 121 Å². The maximum atomic E-state index is 6.15. The largest absolute Gasteiger partial charge is 0.329 e. The van der Waals surface area contributed by atoms with Gasteiger partial charge in [0.05, 0.1) is 0 Å². The van der Waals surface area contributed by atoms with E-state index >= 15 is 0 Å². The number of hydrogen-bond acceptors (Lipinski definition) is 3. The van der Waals surface area contributed by atoms with Gasteiger partial charge in [-0.2, -0.15) is 11.8 Å². The van der Waals surface area contributed by atoms with Gasteiger partial charge in [0.1, 0.15) is 0 Å². The van der Waals surface area contributed by atoms with Crippen LogP contribution in [0.2, 0.25) is 0 Å². The third-order valence-electron chi connectivity index (χ3n) is 4.53. The van der Waals surface area contributed by atoms with Crippen molar-refractivity contribution in [3.8, 4) is 0 Å². The molecule has 2 rings (SSSR count). The Kier molecular flexibility index (Phi) is 4.93. The highest BCUT2D eigenvalue weighted by atomic mass is 32.2. The Hall–Kier alpha value is -0.510. The van der Waals surface area contributed by atoms with Gasteiger partial charge in [-0.05, 0) is 38.1 Å². The molecule has 19 heavy (non-hydrogen) atoms. The SMILES string of the molecule is Cc1ccc(CN(C)C2(CN)CCCSC2C)cc1. The van der Waals surface area contributed by atoms with Crippen molar-refractivity contribution < 1.29 is 0 Å². The number of nitrogens with zero attached hydrogens (tertiary/aromatic N) is 1. The van der Waals surface area contributed by atoms with E-state index in [0.29, 0.717) is 5.25 Å². The Morgan fingerprint density at radius 1 is 1.37 bits per heavy atom. The molecule has 0 radical (unpaired) electrons. The first-order valence-corrected chi connectivity index (χ1v) is 8.22. The topological polar surface area (TPSA) is 29.3 Å². The predicted octanol–water partition coefficient (Wildman–Crippen LogP) is 3.04. The Morgan fingerprint density at radius 2 is 2.05 bits per heavy atom. The van der Waals surface area contributed by atoms with Gasteiger partial charge >= 0.3 is 0 Å². The van der Waals surface area contributed by atoms with Crippen molar-refractivity contribution in [1.82, 2.24) is 4.90 Å². The monoisotopic (exact) mass is 278 g/mol. The summed E-state index contributed by atoms with van der Waals surface area (Å²) in [5.74, 6) is 1.28. The summed E-state index contributed by atoms with van der Waals surface area (Å²) >= 11 is 2.07. The van der Waals surface area contributed by atoms with Crippen LogP contribution in [-0.2, 0) is 6.54 Å². The fourth-order valence-electron chi connectivity index (χ4n) is 3.05. The molecule has 0 aromatic heterocycles. The summed E-state index contributed by atoms with van der Waals surface area (Å²) in [5.41, 5.74) is 9.01. The van der Waals surface area contributed by atoms with Crippen LogP contribution in [0.5, 0.6) is 0 Å². The third-order valence-corrected chi connectivity index (χ3v) is 6.00. The predicted molar refractivity (Wildman–Crippen MR) is 85.6 cm³/mol. The zero-order chi connectivity index (χ0) is 13.9. The van der Waals surface area contributed by atoms with E-state index in [1.54, 1.807) is 0 Å². The molecular formula is C16H26N2S. The van der Waals surface area contributed by atoms with E-state index in [1.165, 1.54) is 29.7 Å². The lowest BCUT2D eigenvalue weighted by atomic mass is 9.87. The molecule has 0 saturated carbocycles. The Bertz CT molecular complexity index is 404. The maximum Gasteiger partial charge on any atom is 0.0448 e. The zero-order valence-electron chi connectivity index (χ0n) is 12.4. The molecule has 1 aromatic rings. The van der Waals surface area contributed by atoms with Gasteiger partial charge in [-0.15, -0.1) is 0 Å².